The number of rotatable bonds is 4. The van der Waals surface area contributed by atoms with Gasteiger partial charge in [-0.3, -0.25) is 9.59 Å². The van der Waals surface area contributed by atoms with E-state index >= 15 is 0 Å². The maximum absolute atomic E-state index is 11.8. The van der Waals surface area contributed by atoms with Gasteiger partial charge in [-0.05, 0) is 31.6 Å². The predicted octanol–water partition coefficient (Wildman–Crippen LogP) is 0.813. The van der Waals surface area contributed by atoms with Gasteiger partial charge in [0.15, 0.2) is 0 Å². The topological polar surface area (TPSA) is 72.5 Å². The second kappa shape index (κ2) is 5.50. The van der Waals surface area contributed by atoms with Crippen LogP contribution in [0.4, 0.5) is 0 Å². The molecule has 0 heterocycles. The van der Waals surface area contributed by atoms with E-state index in [0.29, 0.717) is 12.8 Å². The molecule has 2 aliphatic carbocycles. The molecular weight excluding hydrogens is 234 g/mol. The lowest BCUT2D eigenvalue weighted by Gasteiger charge is -2.28. The Hall–Kier alpha value is -1.39. The van der Waals surface area contributed by atoms with E-state index in [9.17, 15) is 14.4 Å². The van der Waals surface area contributed by atoms with Crippen molar-refractivity contribution >= 4 is 17.7 Å². The van der Waals surface area contributed by atoms with E-state index in [2.05, 4.69) is 5.32 Å². The molecule has 0 aliphatic heterocycles. The van der Waals surface area contributed by atoms with Crippen LogP contribution in [-0.4, -0.2) is 30.8 Å². The highest BCUT2D eigenvalue weighted by molar-refractivity contribution is 5.88. The summed E-state index contributed by atoms with van der Waals surface area (Å²) in [5, 5.41) is 2.75. The lowest BCUT2D eigenvalue weighted by molar-refractivity contribution is -0.147. The molecule has 2 rings (SSSR count). The number of nitrogens with one attached hydrogen (secondary N) is 1. The summed E-state index contributed by atoms with van der Waals surface area (Å²) in [4.78, 5) is 35.0. The van der Waals surface area contributed by atoms with Crippen molar-refractivity contribution in [3.8, 4) is 0 Å². The van der Waals surface area contributed by atoms with Crippen LogP contribution in [0.25, 0.3) is 0 Å². The lowest BCUT2D eigenvalue weighted by Crippen LogP contribution is -2.48. The maximum atomic E-state index is 11.8. The summed E-state index contributed by atoms with van der Waals surface area (Å²) in [7, 11) is 1.31. The van der Waals surface area contributed by atoms with Crippen molar-refractivity contribution in [3.63, 3.8) is 0 Å². The zero-order chi connectivity index (χ0) is 13.1. The fraction of sp³-hybridized carbons (Fsp3) is 0.769. The second-order valence-electron chi connectivity index (χ2n) is 5.18. The molecule has 0 unspecified atom stereocenters. The van der Waals surface area contributed by atoms with Crippen LogP contribution in [0.2, 0.25) is 0 Å². The first-order valence-corrected chi connectivity index (χ1v) is 6.51. The summed E-state index contributed by atoms with van der Waals surface area (Å²) in [5.74, 6) is -0.411. The highest BCUT2D eigenvalue weighted by Gasteiger charge is 2.37. The summed E-state index contributed by atoms with van der Waals surface area (Å²) in [6.07, 6.45) is 4.31. The van der Waals surface area contributed by atoms with E-state index in [0.717, 1.165) is 25.7 Å². The Morgan fingerprint density at radius 2 is 2.06 bits per heavy atom. The molecule has 2 aliphatic rings. The standard InChI is InChI=1S/C13H19NO4/c1-18-13(17)11(14-12(16)8-5-6-8)9-3-2-4-10(15)7-9/h8-9,11H,2-7H2,1H3,(H,14,16)/t9-,11-/m0/s1. The van der Waals surface area contributed by atoms with Crippen molar-refractivity contribution in [1.82, 2.24) is 5.32 Å². The average molecular weight is 253 g/mol. The van der Waals surface area contributed by atoms with Gasteiger partial charge in [0, 0.05) is 18.8 Å². The first kappa shape index (κ1) is 13.1. The van der Waals surface area contributed by atoms with E-state index in [4.69, 9.17) is 4.74 Å². The highest BCUT2D eigenvalue weighted by Crippen LogP contribution is 2.30. The van der Waals surface area contributed by atoms with Crippen LogP contribution in [0.5, 0.6) is 0 Å². The summed E-state index contributed by atoms with van der Waals surface area (Å²) >= 11 is 0. The van der Waals surface area contributed by atoms with Gasteiger partial charge in [-0.2, -0.15) is 0 Å². The number of ether oxygens (including phenoxy) is 1. The number of esters is 1. The van der Waals surface area contributed by atoms with Crippen LogP contribution in [0.1, 0.15) is 38.5 Å². The Bertz CT molecular complexity index is 362. The molecule has 0 spiro atoms. The fourth-order valence-corrected chi connectivity index (χ4v) is 2.46. The van der Waals surface area contributed by atoms with Gasteiger partial charge in [0.25, 0.3) is 0 Å². The number of hydrogen-bond donors (Lipinski definition) is 1. The molecule has 18 heavy (non-hydrogen) atoms. The molecule has 100 valence electrons. The van der Waals surface area contributed by atoms with Crippen molar-refractivity contribution in [3.05, 3.63) is 0 Å². The number of carbonyl (C=O) groups is 3. The van der Waals surface area contributed by atoms with E-state index < -0.39 is 12.0 Å². The second-order valence-corrected chi connectivity index (χ2v) is 5.18. The maximum Gasteiger partial charge on any atom is 0.328 e. The van der Waals surface area contributed by atoms with Crippen molar-refractivity contribution in [2.45, 2.75) is 44.6 Å². The molecule has 1 N–H and O–H groups in total. The monoisotopic (exact) mass is 253 g/mol. The number of ketones is 1. The smallest absolute Gasteiger partial charge is 0.328 e. The highest BCUT2D eigenvalue weighted by atomic mass is 16.5. The van der Waals surface area contributed by atoms with Gasteiger partial charge in [0.05, 0.1) is 7.11 Å². The molecular formula is C13H19NO4. The Balaban J connectivity index is 2.00. The van der Waals surface area contributed by atoms with Crippen LogP contribution in [0.3, 0.4) is 0 Å². The minimum atomic E-state index is -0.660. The Morgan fingerprint density at radius 1 is 1.33 bits per heavy atom. The van der Waals surface area contributed by atoms with Gasteiger partial charge in [0.2, 0.25) is 5.91 Å². The predicted molar refractivity (Wildman–Crippen MR) is 63.6 cm³/mol. The van der Waals surface area contributed by atoms with Gasteiger partial charge >= 0.3 is 5.97 Å². The summed E-state index contributed by atoms with van der Waals surface area (Å²) in [6, 6.07) is -0.660. The molecule has 5 nitrogen and oxygen atoms in total. The number of hydrogen-bond acceptors (Lipinski definition) is 4. The molecule has 5 heteroatoms. The van der Waals surface area contributed by atoms with E-state index in [-0.39, 0.29) is 23.5 Å². The van der Waals surface area contributed by atoms with Crippen LogP contribution in [-0.2, 0) is 19.1 Å². The number of carbonyl (C=O) groups excluding carboxylic acids is 3. The van der Waals surface area contributed by atoms with Gasteiger partial charge < -0.3 is 10.1 Å². The summed E-state index contributed by atoms with van der Waals surface area (Å²) in [6.45, 7) is 0. The molecule has 0 aromatic rings. The van der Waals surface area contributed by atoms with E-state index in [1.165, 1.54) is 7.11 Å². The first-order valence-electron chi connectivity index (χ1n) is 6.51. The molecule has 0 aromatic heterocycles. The molecule has 2 atom stereocenters. The van der Waals surface area contributed by atoms with Gasteiger partial charge in [-0.15, -0.1) is 0 Å². The number of amides is 1. The Morgan fingerprint density at radius 3 is 2.61 bits per heavy atom. The summed E-state index contributed by atoms with van der Waals surface area (Å²) < 4.78 is 4.74. The SMILES string of the molecule is COC(=O)[C@@H](NC(=O)C1CC1)[C@H]1CCCC(=O)C1. The van der Waals surface area contributed by atoms with Crippen molar-refractivity contribution < 1.29 is 19.1 Å². The third-order valence-electron chi connectivity index (χ3n) is 3.69. The van der Waals surface area contributed by atoms with Crippen LogP contribution in [0, 0.1) is 11.8 Å². The molecule has 0 saturated heterocycles. The Kier molecular flexibility index (Phi) is 3.99. The van der Waals surface area contributed by atoms with Crippen LogP contribution in [0.15, 0.2) is 0 Å². The quantitative estimate of drug-likeness (QED) is 0.753. The molecule has 0 radical (unpaired) electrons. The minimum absolute atomic E-state index is 0.0523. The molecule has 2 fully saturated rings. The van der Waals surface area contributed by atoms with Crippen LogP contribution < -0.4 is 5.32 Å². The van der Waals surface area contributed by atoms with Gasteiger partial charge in [0.1, 0.15) is 11.8 Å². The largest absolute Gasteiger partial charge is 0.467 e. The van der Waals surface area contributed by atoms with Crippen LogP contribution >= 0.6 is 0 Å². The zero-order valence-corrected chi connectivity index (χ0v) is 10.6. The first-order chi connectivity index (χ1) is 8.61. The van der Waals surface area contributed by atoms with Gasteiger partial charge in [-0.25, -0.2) is 4.79 Å². The number of methoxy groups -OCH3 is 1. The van der Waals surface area contributed by atoms with Gasteiger partial charge in [-0.1, -0.05) is 0 Å². The molecule has 2 saturated carbocycles. The number of Topliss-reactive ketones (excluding diaryl/α,β-unsaturated/α-hetero) is 1. The third kappa shape index (κ3) is 3.09. The normalized spacial score (nSPS) is 25.4. The van der Waals surface area contributed by atoms with E-state index in [1.807, 2.05) is 0 Å². The van der Waals surface area contributed by atoms with Crippen molar-refractivity contribution in [2.75, 3.05) is 7.11 Å². The molecule has 0 aromatic carbocycles. The minimum Gasteiger partial charge on any atom is -0.467 e. The third-order valence-corrected chi connectivity index (χ3v) is 3.69. The summed E-state index contributed by atoms with van der Waals surface area (Å²) in [5.41, 5.74) is 0. The Labute approximate surface area is 106 Å². The lowest BCUT2D eigenvalue weighted by atomic mass is 9.83. The van der Waals surface area contributed by atoms with Crippen molar-refractivity contribution in [2.24, 2.45) is 11.8 Å². The zero-order valence-electron chi connectivity index (χ0n) is 10.6. The van der Waals surface area contributed by atoms with Crippen molar-refractivity contribution in [1.29, 1.82) is 0 Å². The molecule has 0 bridgehead atoms. The molecule has 1 amide bonds. The fourth-order valence-electron chi connectivity index (χ4n) is 2.46. The average Bonchev–Trinajstić information content (AvgIpc) is 3.19. The van der Waals surface area contributed by atoms with E-state index in [1.54, 1.807) is 0 Å².